The van der Waals surface area contributed by atoms with E-state index >= 15 is 0 Å². The van der Waals surface area contributed by atoms with E-state index in [9.17, 15) is 4.79 Å². The Morgan fingerprint density at radius 2 is 2.17 bits per heavy atom. The first-order valence-corrected chi connectivity index (χ1v) is 8.47. The first kappa shape index (κ1) is 17.8. The largest absolute Gasteiger partial charge is 0.380 e. The van der Waals surface area contributed by atoms with Crippen LogP contribution < -0.4 is 5.32 Å². The van der Waals surface area contributed by atoms with Crippen molar-refractivity contribution in [1.82, 2.24) is 10.2 Å². The number of nitrogens with zero attached hydrogens (tertiary/aromatic N) is 1. The van der Waals surface area contributed by atoms with Crippen LogP contribution in [0.15, 0.2) is 30.3 Å². The standard InChI is InChI=1S/C18H28N2O3/c1-15-9-13-22-14-11-20(15)18(21)19-10-6-12-23-16(2)17-7-4-3-5-8-17/h3-5,7-8,15-16H,6,9-14H2,1-2H3,(H,19,21)/t15-,16-/m0/s1. The van der Waals surface area contributed by atoms with Crippen molar-refractivity contribution in [3.63, 3.8) is 0 Å². The zero-order valence-corrected chi connectivity index (χ0v) is 14.2. The number of hydrogen-bond acceptors (Lipinski definition) is 3. The van der Waals surface area contributed by atoms with Gasteiger partial charge in [-0.2, -0.15) is 0 Å². The van der Waals surface area contributed by atoms with Crippen molar-refractivity contribution in [1.29, 1.82) is 0 Å². The summed E-state index contributed by atoms with van der Waals surface area (Å²) in [6.45, 7) is 7.39. The highest BCUT2D eigenvalue weighted by atomic mass is 16.5. The number of hydrogen-bond donors (Lipinski definition) is 1. The van der Waals surface area contributed by atoms with Crippen LogP contribution >= 0.6 is 0 Å². The molecule has 1 aromatic carbocycles. The van der Waals surface area contributed by atoms with Gasteiger partial charge < -0.3 is 19.7 Å². The number of carbonyl (C=O) groups excluding carboxylic acids is 1. The van der Waals surface area contributed by atoms with Gasteiger partial charge in [-0.05, 0) is 32.3 Å². The summed E-state index contributed by atoms with van der Waals surface area (Å²) in [5, 5.41) is 2.98. The molecule has 1 fully saturated rings. The first-order chi connectivity index (χ1) is 11.2. The number of rotatable bonds is 6. The van der Waals surface area contributed by atoms with Crippen LogP contribution in [-0.4, -0.2) is 49.9 Å². The normalized spacial score (nSPS) is 19.9. The third-order valence-corrected chi connectivity index (χ3v) is 4.18. The third-order valence-electron chi connectivity index (χ3n) is 4.18. The Morgan fingerprint density at radius 3 is 2.96 bits per heavy atom. The minimum Gasteiger partial charge on any atom is -0.380 e. The second-order valence-electron chi connectivity index (χ2n) is 5.95. The molecule has 2 rings (SSSR count). The molecule has 5 nitrogen and oxygen atoms in total. The molecule has 1 aromatic rings. The summed E-state index contributed by atoms with van der Waals surface area (Å²) in [6.07, 6.45) is 1.78. The van der Waals surface area contributed by atoms with Gasteiger partial charge in [-0.25, -0.2) is 4.79 Å². The van der Waals surface area contributed by atoms with Crippen molar-refractivity contribution < 1.29 is 14.3 Å². The van der Waals surface area contributed by atoms with Crippen LogP contribution in [-0.2, 0) is 9.47 Å². The first-order valence-electron chi connectivity index (χ1n) is 8.47. The van der Waals surface area contributed by atoms with Crippen LogP contribution in [0.1, 0.15) is 38.4 Å². The molecule has 0 spiro atoms. The number of nitrogens with one attached hydrogen (secondary N) is 1. The lowest BCUT2D eigenvalue weighted by atomic mass is 10.1. The van der Waals surface area contributed by atoms with Gasteiger partial charge in [0.1, 0.15) is 0 Å². The average molecular weight is 320 g/mol. The Balaban J connectivity index is 1.62. The molecule has 1 aliphatic rings. The van der Waals surface area contributed by atoms with E-state index in [4.69, 9.17) is 9.47 Å². The van der Waals surface area contributed by atoms with E-state index in [-0.39, 0.29) is 18.2 Å². The Morgan fingerprint density at radius 1 is 1.39 bits per heavy atom. The van der Waals surface area contributed by atoms with E-state index in [1.165, 1.54) is 5.56 Å². The van der Waals surface area contributed by atoms with Gasteiger partial charge in [-0.15, -0.1) is 0 Å². The minimum absolute atomic E-state index is 0.000826. The van der Waals surface area contributed by atoms with Gasteiger partial charge in [0.05, 0.1) is 12.7 Å². The Kier molecular flexibility index (Phi) is 7.36. The van der Waals surface area contributed by atoms with Gasteiger partial charge in [-0.3, -0.25) is 0 Å². The van der Waals surface area contributed by atoms with Gasteiger partial charge >= 0.3 is 6.03 Å². The zero-order chi connectivity index (χ0) is 16.5. The summed E-state index contributed by atoms with van der Waals surface area (Å²) in [6, 6.07) is 10.4. The quantitative estimate of drug-likeness (QED) is 0.820. The van der Waals surface area contributed by atoms with Gasteiger partial charge in [0.2, 0.25) is 0 Å². The minimum atomic E-state index is -0.000826. The van der Waals surface area contributed by atoms with E-state index in [1.54, 1.807) is 0 Å². The molecular weight excluding hydrogens is 292 g/mol. The van der Waals surface area contributed by atoms with Crippen LogP contribution in [0, 0.1) is 0 Å². The molecule has 2 atom stereocenters. The Hall–Kier alpha value is -1.59. The Bertz CT molecular complexity index is 467. The highest BCUT2D eigenvalue weighted by molar-refractivity contribution is 5.74. The summed E-state index contributed by atoms with van der Waals surface area (Å²) in [7, 11) is 0. The summed E-state index contributed by atoms with van der Waals surface area (Å²) in [5.41, 5.74) is 1.18. The van der Waals surface area contributed by atoms with Crippen molar-refractivity contribution >= 4 is 6.03 Å². The highest BCUT2D eigenvalue weighted by Crippen LogP contribution is 2.15. The Labute approximate surface area is 139 Å². The summed E-state index contributed by atoms with van der Waals surface area (Å²) >= 11 is 0. The molecular formula is C18H28N2O3. The third kappa shape index (κ3) is 5.84. The summed E-state index contributed by atoms with van der Waals surface area (Å²) in [5.74, 6) is 0. The van der Waals surface area contributed by atoms with Crippen molar-refractivity contribution in [2.24, 2.45) is 0 Å². The van der Waals surface area contributed by atoms with E-state index < -0.39 is 0 Å². The maximum Gasteiger partial charge on any atom is 0.317 e. The molecule has 0 aliphatic carbocycles. The fourth-order valence-electron chi connectivity index (χ4n) is 2.65. The zero-order valence-electron chi connectivity index (χ0n) is 14.2. The molecule has 0 radical (unpaired) electrons. The predicted octanol–water partition coefficient (Wildman–Crippen LogP) is 2.97. The fourth-order valence-corrected chi connectivity index (χ4v) is 2.65. The van der Waals surface area contributed by atoms with E-state index in [0.717, 1.165) is 19.4 Å². The lowest BCUT2D eigenvalue weighted by Gasteiger charge is -2.26. The van der Waals surface area contributed by atoms with E-state index in [0.29, 0.717) is 26.3 Å². The molecule has 0 bridgehead atoms. The molecule has 23 heavy (non-hydrogen) atoms. The molecule has 1 aliphatic heterocycles. The maximum atomic E-state index is 12.2. The smallest absolute Gasteiger partial charge is 0.317 e. The van der Waals surface area contributed by atoms with Crippen LogP contribution in [0.4, 0.5) is 4.79 Å². The molecule has 0 unspecified atom stereocenters. The van der Waals surface area contributed by atoms with Crippen LogP contribution in [0.25, 0.3) is 0 Å². The summed E-state index contributed by atoms with van der Waals surface area (Å²) in [4.78, 5) is 14.1. The van der Waals surface area contributed by atoms with Crippen molar-refractivity contribution in [3.05, 3.63) is 35.9 Å². The lowest BCUT2D eigenvalue weighted by Crippen LogP contribution is -2.45. The van der Waals surface area contributed by atoms with Gasteiger partial charge in [-0.1, -0.05) is 30.3 Å². The number of urea groups is 1. The van der Waals surface area contributed by atoms with Crippen molar-refractivity contribution in [2.75, 3.05) is 32.9 Å². The highest BCUT2D eigenvalue weighted by Gasteiger charge is 2.21. The monoisotopic (exact) mass is 320 g/mol. The van der Waals surface area contributed by atoms with Gasteiger partial charge in [0, 0.05) is 32.3 Å². The molecule has 1 saturated heterocycles. The van der Waals surface area contributed by atoms with Crippen LogP contribution in [0.5, 0.6) is 0 Å². The molecule has 1 heterocycles. The maximum absolute atomic E-state index is 12.2. The molecule has 2 amide bonds. The topological polar surface area (TPSA) is 50.8 Å². The van der Waals surface area contributed by atoms with Crippen LogP contribution in [0.2, 0.25) is 0 Å². The van der Waals surface area contributed by atoms with Gasteiger partial charge in [0.25, 0.3) is 0 Å². The molecule has 1 N–H and O–H groups in total. The number of benzene rings is 1. The van der Waals surface area contributed by atoms with E-state index in [1.807, 2.05) is 30.0 Å². The van der Waals surface area contributed by atoms with Crippen LogP contribution in [0.3, 0.4) is 0 Å². The number of ether oxygens (including phenoxy) is 2. The summed E-state index contributed by atoms with van der Waals surface area (Å²) < 4.78 is 11.2. The average Bonchev–Trinajstić information content (AvgIpc) is 2.79. The lowest BCUT2D eigenvalue weighted by molar-refractivity contribution is 0.0641. The molecule has 5 heteroatoms. The van der Waals surface area contributed by atoms with E-state index in [2.05, 4.69) is 24.4 Å². The number of carbonyl (C=O) groups is 1. The van der Waals surface area contributed by atoms with Gasteiger partial charge in [0.15, 0.2) is 0 Å². The predicted molar refractivity (Wildman–Crippen MR) is 90.4 cm³/mol. The van der Waals surface area contributed by atoms with Crippen molar-refractivity contribution in [3.8, 4) is 0 Å². The second kappa shape index (κ2) is 9.53. The van der Waals surface area contributed by atoms with Crippen molar-refractivity contribution in [2.45, 2.75) is 38.8 Å². The molecule has 0 aromatic heterocycles. The SMILES string of the molecule is C[C@H](OCCCNC(=O)N1CCOCC[C@@H]1C)c1ccccc1. The second-order valence-corrected chi connectivity index (χ2v) is 5.95. The molecule has 128 valence electrons. The fraction of sp³-hybridized carbons (Fsp3) is 0.611. The number of amides is 2. The molecule has 0 saturated carbocycles.